The second-order valence-corrected chi connectivity index (χ2v) is 10.1. The van der Waals surface area contributed by atoms with Crippen LogP contribution in [0.25, 0.3) is 0 Å². The summed E-state index contributed by atoms with van der Waals surface area (Å²) in [6.45, 7) is 5.47. The van der Waals surface area contributed by atoms with Crippen LogP contribution in [0.15, 0.2) is 42.5 Å². The maximum absolute atomic E-state index is 12.9. The predicted octanol–water partition coefficient (Wildman–Crippen LogP) is 3.19. The number of amides is 1. The number of fused-ring (bicyclic) bond motifs is 1. The number of carbonyl (C=O) groups is 1. The number of rotatable bonds is 6. The minimum absolute atomic E-state index is 0.300. The van der Waals surface area contributed by atoms with Crippen molar-refractivity contribution in [3.63, 3.8) is 0 Å². The first-order chi connectivity index (χ1) is 14.0. The Hall–Kier alpha value is -2.74. The molecule has 162 valence electrons. The highest BCUT2D eigenvalue weighted by Crippen LogP contribution is 2.41. The molecule has 0 bridgehead atoms. The summed E-state index contributed by atoms with van der Waals surface area (Å²) in [6.07, 6.45) is 1.66. The standard InChI is InChI=1S/C22H28N2O5S/c1-15-7-6-8-16(11-15)24(30(5,26)27)14-21(25)23-19-13-22(2,3)29-20-12-17(28-4)9-10-18(19)20/h6-12,19H,13-14H2,1-5H3,(H,23,25)/t19-/m0/s1. The number of benzene rings is 2. The molecule has 7 nitrogen and oxygen atoms in total. The third-order valence-electron chi connectivity index (χ3n) is 4.99. The Balaban J connectivity index is 1.84. The minimum Gasteiger partial charge on any atom is -0.497 e. The van der Waals surface area contributed by atoms with Gasteiger partial charge < -0.3 is 14.8 Å². The van der Waals surface area contributed by atoms with Crippen molar-refractivity contribution in [1.82, 2.24) is 5.32 Å². The lowest BCUT2D eigenvalue weighted by Crippen LogP contribution is -2.45. The van der Waals surface area contributed by atoms with E-state index in [4.69, 9.17) is 9.47 Å². The molecule has 0 aliphatic carbocycles. The van der Waals surface area contributed by atoms with Gasteiger partial charge in [0.2, 0.25) is 15.9 Å². The van der Waals surface area contributed by atoms with Crippen molar-refractivity contribution in [2.45, 2.75) is 38.8 Å². The summed E-state index contributed by atoms with van der Waals surface area (Å²) in [4.78, 5) is 12.9. The van der Waals surface area contributed by atoms with E-state index in [2.05, 4.69) is 5.32 Å². The molecule has 0 saturated carbocycles. The number of nitrogens with zero attached hydrogens (tertiary/aromatic N) is 1. The molecule has 0 saturated heterocycles. The molecule has 1 atom stereocenters. The van der Waals surface area contributed by atoms with Gasteiger partial charge in [0.1, 0.15) is 23.6 Å². The normalized spacial score (nSPS) is 17.4. The van der Waals surface area contributed by atoms with E-state index in [0.717, 1.165) is 21.7 Å². The third-order valence-corrected chi connectivity index (χ3v) is 6.13. The first kappa shape index (κ1) is 22.0. The molecule has 1 aliphatic heterocycles. The molecule has 1 N–H and O–H groups in total. The summed E-state index contributed by atoms with van der Waals surface area (Å²) >= 11 is 0. The van der Waals surface area contributed by atoms with E-state index in [9.17, 15) is 13.2 Å². The lowest BCUT2D eigenvalue weighted by Gasteiger charge is -2.38. The van der Waals surface area contributed by atoms with E-state index in [1.807, 2.05) is 39.0 Å². The molecule has 30 heavy (non-hydrogen) atoms. The Morgan fingerprint density at radius 1 is 1.27 bits per heavy atom. The Labute approximate surface area is 178 Å². The number of hydrogen-bond donors (Lipinski definition) is 1. The number of anilines is 1. The van der Waals surface area contributed by atoms with Gasteiger partial charge in [0.05, 0.1) is 25.1 Å². The molecule has 8 heteroatoms. The van der Waals surface area contributed by atoms with E-state index in [-0.39, 0.29) is 18.5 Å². The number of aryl methyl sites for hydroxylation is 1. The van der Waals surface area contributed by atoms with Crippen LogP contribution in [0.3, 0.4) is 0 Å². The monoisotopic (exact) mass is 432 g/mol. The van der Waals surface area contributed by atoms with Crippen LogP contribution in [0.5, 0.6) is 11.5 Å². The fourth-order valence-electron chi connectivity index (χ4n) is 3.64. The van der Waals surface area contributed by atoms with Crippen molar-refractivity contribution in [3.8, 4) is 11.5 Å². The smallest absolute Gasteiger partial charge is 0.241 e. The van der Waals surface area contributed by atoms with Crippen LogP contribution in [0.1, 0.15) is 37.4 Å². The average molecular weight is 433 g/mol. The van der Waals surface area contributed by atoms with Gasteiger partial charge in [0.15, 0.2) is 0 Å². The quantitative estimate of drug-likeness (QED) is 0.758. The highest BCUT2D eigenvalue weighted by Gasteiger charge is 2.35. The summed E-state index contributed by atoms with van der Waals surface area (Å²) in [5.74, 6) is 0.931. The zero-order valence-electron chi connectivity index (χ0n) is 17.9. The van der Waals surface area contributed by atoms with Crippen molar-refractivity contribution in [2.24, 2.45) is 0 Å². The lowest BCUT2D eigenvalue weighted by molar-refractivity contribution is -0.120. The Morgan fingerprint density at radius 2 is 2.00 bits per heavy atom. The van der Waals surface area contributed by atoms with Gasteiger partial charge in [0.25, 0.3) is 0 Å². The van der Waals surface area contributed by atoms with Gasteiger partial charge in [0, 0.05) is 18.1 Å². The van der Waals surface area contributed by atoms with E-state index in [1.54, 1.807) is 31.4 Å². The SMILES string of the molecule is COc1ccc2c(c1)OC(C)(C)C[C@@H]2NC(=O)CN(c1cccc(C)c1)S(C)(=O)=O. The van der Waals surface area contributed by atoms with Gasteiger partial charge in [-0.3, -0.25) is 9.10 Å². The molecule has 0 aromatic heterocycles. The van der Waals surface area contributed by atoms with Crippen molar-refractivity contribution in [2.75, 3.05) is 24.2 Å². The molecule has 2 aromatic rings. The van der Waals surface area contributed by atoms with E-state index >= 15 is 0 Å². The average Bonchev–Trinajstić information content (AvgIpc) is 2.63. The first-order valence-electron chi connectivity index (χ1n) is 9.69. The number of nitrogens with one attached hydrogen (secondary N) is 1. The maximum Gasteiger partial charge on any atom is 0.241 e. The molecule has 0 fully saturated rings. The topological polar surface area (TPSA) is 84.9 Å². The molecule has 1 heterocycles. The highest BCUT2D eigenvalue weighted by molar-refractivity contribution is 7.92. The zero-order chi connectivity index (χ0) is 22.1. The third kappa shape index (κ3) is 5.05. The van der Waals surface area contributed by atoms with Crippen LogP contribution in [-0.2, 0) is 14.8 Å². The molecule has 3 rings (SSSR count). The molecule has 1 aliphatic rings. The fourth-order valence-corrected chi connectivity index (χ4v) is 4.49. The summed E-state index contributed by atoms with van der Waals surface area (Å²) in [6, 6.07) is 12.2. The van der Waals surface area contributed by atoms with Crippen LogP contribution in [0.2, 0.25) is 0 Å². The van der Waals surface area contributed by atoms with Gasteiger partial charge in [-0.05, 0) is 50.6 Å². The van der Waals surface area contributed by atoms with E-state index in [0.29, 0.717) is 23.6 Å². The van der Waals surface area contributed by atoms with Gasteiger partial charge in [-0.15, -0.1) is 0 Å². The number of ether oxygens (including phenoxy) is 2. The van der Waals surface area contributed by atoms with Gasteiger partial charge in [-0.1, -0.05) is 12.1 Å². The second-order valence-electron chi connectivity index (χ2n) is 8.20. The lowest BCUT2D eigenvalue weighted by atomic mass is 9.89. The molecular formula is C22H28N2O5S. The number of hydrogen-bond acceptors (Lipinski definition) is 5. The van der Waals surface area contributed by atoms with Crippen molar-refractivity contribution < 1.29 is 22.7 Å². The molecule has 1 amide bonds. The molecule has 0 unspecified atom stereocenters. The van der Waals surface area contributed by atoms with E-state index < -0.39 is 15.6 Å². The highest BCUT2D eigenvalue weighted by atomic mass is 32.2. The number of methoxy groups -OCH3 is 1. The summed E-state index contributed by atoms with van der Waals surface area (Å²) in [5.41, 5.74) is 1.72. The van der Waals surface area contributed by atoms with Gasteiger partial charge >= 0.3 is 0 Å². The maximum atomic E-state index is 12.9. The van der Waals surface area contributed by atoms with Crippen LogP contribution < -0.4 is 19.1 Å². The van der Waals surface area contributed by atoms with Crippen molar-refractivity contribution in [3.05, 3.63) is 53.6 Å². The number of sulfonamides is 1. The van der Waals surface area contributed by atoms with Gasteiger partial charge in [-0.2, -0.15) is 0 Å². The Kier molecular flexibility index (Phi) is 5.99. The predicted molar refractivity (Wildman–Crippen MR) is 117 cm³/mol. The Morgan fingerprint density at radius 3 is 2.63 bits per heavy atom. The summed E-state index contributed by atoms with van der Waals surface area (Å²) < 4.78 is 37.2. The van der Waals surface area contributed by atoms with Crippen LogP contribution in [-0.4, -0.2) is 39.8 Å². The molecule has 0 radical (unpaired) electrons. The number of carbonyl (C=O) groups excluding carboxylic acids is 1. The second kappa shape index (κ2) is 8.18. The molecular weight excluding hydrogens is 404 g/mol. The van der Waals surface area contributed by atoms with Gasteiger partial charge in [-0.25, -0.2) is 8.42 Å². The van der Waals surface area contributed by atoms with Crippen LogP contribution >= 0.6 is 0 Å². The zero-order valence-corrected chi connectivity index (χ0v) is 18.7. The van der Waals surface area contributed by atoms with Crippen molar-refractivity contribution >= 4 is 21.6 Å². The first-order valence-corrected chi connectivity index (χ1v) is 11.5. The molecule has 2 aromatic carbocycles. The Bertz CT molecular complexity index is 1050. The minimum atomic E-state index is -3.63. The summed E-state index contributed by atoms with van der Waals surface area (Å²) in [5, 5.41) is 2.99. The van der Waals surface area contributed by atoms with Crippen LogP contribution in [0.4, 0.5) is 5.69 Å². The summed E-state index contributed by atoms with van der Waals surface area (Å²) in [7, 11) is -2.05. The van der Waals surface area contributed by atoms with Crippen LogP contribution in [0, 0.1) is 6.92 Å². The largest absolute Gasteiger partial charge is 0.497 e. The van der Waals surface area contributed by atoms with E-state index in [1.165, 1.54) is 0 Å². The molecule has 0 spiro atoms. The fraction of sp³-hybridized carbons (Fsp3) is 0.409. The van der Waals surface area contributed by atoms with Crippen molar-refractivity contribution in [1.29, 1.82) is 0 Å².